The predicted molar refractivity (Wildman–Crippen MR) is 125 cm³/mol. The number of nitrogens with one attached hydrogen (secondary N) is 2. The number of carbonyl (C=O) groups is 2. The van der Waals surface area contributed by atoms with Crippen molar-refractivity contribution in [2.75, 3.05) is 0 Å². The molecule has 2 amide bonds. The number of phenols is 1. The van der Waals surface area contributed by atoms with Crippen molar-refractivity contribution in [2.45, 2.75) is 0 Å². The molecule has 152 valence electrons. The molecule has 0 saturated carbocycles. The van der Waals surface area contributed by atoms with Gasteiger partial charge in [-0.25, -0.2) is 5.43 Å². The highest BCUT2D eigenvalue weighted by atomic mass is 79.9. The first-order valence-corrected chi connectivity index (χ1v) is 11.0. The minimum Gasteiger partial charge on any atom is -0.506 e. The summed E-state index contributed by atoms with van der Waals surface area (Å²) in [4.78, 5) is 26.0. The van der Waals surface area contributed by atoms with Gasteiger partial charge in [0, 0.05) is 20.5 Å². The molecule has 30 heavy (non-hydrogen) atoms. The molecular formula is C21H15Br2N3O3S. The third-order valence-corrected chi connectivity index (χ3v) is 5.67. The van der Waals surface area contributed by atoms with Crippen molar-refractivity contribution in [1.29, 1.82) is 0 Å². The summed E-state index contributed by atoms with van der Waals surface area (Å²) in [6.07, 6.45) is 2.88. The van der Waals surface area contributed by atoms with E-state index in [2.05, 4.69) is 47.7 Å². The highest BCUT2D eigenvalue weighted by molar-refractivity contribution is 9.11. The van der Waals surface area contributed by atoms with Crippen molar-refractivity contribution in [1.82, 2.24) is 10.7 Å². The van der Waals surface area contributed by atoms with E-state index in [0.717, 1.165) is 9.35 Å². The molecule has 0 aliphatic rings. The number of rotatable bonds is 6. The Balaban J connectivity index is 1.78. The van der Waals surface area contributed by atoms with Crippen LogP contribution in [0.25, 0.3) is 6.08 Å². The van der Waals surface area contributed by atoms with Crippen molar-refractivity contribution in [3.8, 4) is 5.75 Å². The normalized spacial score (nSPS) is 11.5. The van der Waals surface area contributed by atoms with E-state index < -0.39 is 11.8 Å². The molecule has 0 unspecified atom stereocenters. The number of carbonyl (C=O) groups excluding carboxylic acids is 2. The summed E-state index contributed by atoms with van der Waals surface area (Å²) < 4.78 is 1.21. The van der Waals surface area contributed by atoms with E-state index in [4.69, 9.17) is 0 Å². The molecule has 1 aromatic heterocycles. The number of amides is 2. The Kier molecular flexibility index (Phi) is 7.56. The number of benzene rings is 2. The molecule has 0 aliphatic heterocycles. The number of aromatic hydroxyl groups is 1. The van der Waals surface area contributed by atoms with Gasteiger partial charge in [-0.15, -0.1) is 11.3 Å². The number of thiophene rings is 1. The molecule has 6 nitrogen and oxygen atoms in total. The van der Waals surface area contributed by atoms with Gasteiger partial charge in [0.15, 0.2) is 0 Å². The Hall–Kier alpha value is -2.75. The zero-order valence-electron chi connectivity index (χ0n) is 15.3. The fraction of sp³-hybridized carbons (Fsp3) is 0. The second kappa shape index (κ2) is 10.3. The van der Waals surface area contributed by atoms with Crippen molar-refractivity contribution in [3.63, 3.8) is 0 Å². The minimum atomic E-state index is -0.600. The maximum atomic E-state index is 12.7. The number of halogens is 2. The summed E-state index contributed by atoms with van der Waals surface area (Å²) in [7, 11) is 0. The number of hydrogen-bond donors (Lipinski definition) is 3. The summed E-state index contributed by atoms with van der Waals surface area (Å²) in [6, 6.07) is 15.6. The van der Waals surface area contributed by atoms with E-state index >= 15 is 0 Å². The molecular weight excluding hydrogens is 534 g/mol. The van der Waals surface area contributed by atoms with Crippen LogP contribution in [-0.4, -0.2) is 23.1 Å². The van der Waals surface area contributed by atoms with Crippen LogP contribution in [0.15, 0.2) is 79.7 Å². The maximum Gasteiger partial charge on any atom is 0.287 e. The lowest BCUT2D eigenvalue weighted by Crippen LogP contribution is -2.32. The van der Waals surface area contributed by atoms with Gasteiger partial charge < -0.3 is 10.4 Å². The fourth-order valence-corrected chi connectivity index (χ4v) is 4.28. The average Bonchev–Trinajstić information content (AvgIpc) is 3.24. The van der Waals surface area contributed by atoms with Gasteiger partial charge in [-0.2, -0.15) is 5.10 Å². The van der Waals surface area contributed by atoms with E-state index in [1.807, 2.05) is 17.5 Å². The molecule has 0 radical (unpaired) electrons. The topological polar surface area (TPSA) is 90.8 Å². The number of nitrogens with zero attached hydrogens (tertiary/aromatic N) is 1. The van der Waals surface area contributed by atoms with Crippen LogP contribution in [0, 0.1) is 0 Å². The summed E-state index contributed by atoms with van der Waals surface area (Å²) in [5, 5.41) is 18.5. The van der Waals surface area contributed by atoms with Gasteiger partial charge in [-0.1, -0.05) is 40.2 Å². The molecule has 9 heteroatoms. The monoisotopic (exact) mass is 547 g/mol. The summed E-state index contributed by atoms with van der Waals surface area (Å²) in [6.45, 7) is 0. The molecule has 0 aliphatic carbocycles. The Morgan fingerprint density at radius 2 is 1.83 bits per heavy atom. The van der Waals surface area contributed by atoms with Crippen molar-refractivity contribution in [3.05, 3.63) is 90.6 Å². The van der Waals surface area contributed by atoms with E-state index in [0.29, 0.717) is 15.6 Å². The van der Waals surface area contributed by atoms with Crippen LogP contribution in [0.2, 0.25) is 0 Å². The van der Waals surface area contributed by atoms with E-state index in [9.17, 15) is 14.7 Å². The predicted octanol–water partition coefficient (Wildman–Crippen LogP) is 4.90. The Morgan fingerprint density at radius 1 is 1.07 bits per heavy atom. The maximum absolute atomic E-state index is 12.7. The van der Waals surface area contributed by atoms with Crippen molar-refractivity contribution >= 4 is 67.3 Å². The van der Waals surface area contributed by atoms with Gasteiger partial charge in [-0.05, 0) is 57.7 Å². The highest BCUT2D eigenvalue weighted by Crippen LogP contribution is 2.30. The molecule has 2 aromatic carbocycles. The van der Waals surface area contributed by atoms with Crippen LogP contribution in [0.5, 0.6) is 5.75 Å². The van der Waals surface area contributed by atoms with Crippen LogP contribution < -0.4 is 10.7 Å². The second-order valence-corrected chi connectivity index (χ2v) is 8.67. The minimum absolute atomic E-state index is 0.0112. The number of phenolic OH excluding ortho intramolecular Hbond substituents is 1. The smallest absolute Gasteiger partial charge is 0.287 e. The Labute approximate surface area is 193 Å². The lowest BCUT2D eigenvalue weighted by molar-refractivity contribution is -0.117. The van der Waals surface area contributed by atoms with Crippen LogP contribution in [0.3, 0.4) is 0 Å². The zero-order valence-corrected chi connectivity index (χ0v) is 19.3. The van der Waals surface area contributed by atoms with E-state index in [1.165, 1.54) is 17.6 Å². The van der Waals surface area contributed by atoms with Crippen molar-refractivity contribution in [2.24, 2.45) is 5.10 Å². The van der Waals surface area contributed by atoms with Crippen LogP contribution in [0.1, 0.15) is 20.8 Å². The zero-order chi connectivity index (χ0) is 21.5. The Bertz CT molecular complexity index is 1110. The largest absolute Gasteiger partial charge is 0.506 e. The van der Waals surface area contributed by atoms with E-state index in [1.54, 1.807) is 48.5 Å². The van der Waals surface area contributed by atoms with Crippen LogP contribution in [0.4, 0.5) is 0 Å². The molecule has 3 rings (SSSR count). The molecule has 0 fully saturated rings. The first-order valence-electron chi connectivity index (χ1n) is 8.57. The molecule has 0 atom stereocenters. The SMILES string of the molecule is O=C(N/N=C\c1cc(Br)cc(Br)c1O)/C(=C\c1cccs1)NC(=O)c1ccccc1. The lowest BCUT2D eigenvalue weighted by Gasteiger charge is -2.09. The van der Waals surface area contributed by atoms with Gasteiger partial charge >= 0.3 is 0 Å². The van der Waals surface area contributed by atoms with E-state index in [-0.39, 0.29) is 11.4 Å². The van der Waals surface area contributed by atoms with Crippen molar-refractivity contribution < 1.29 is 14.7 Å². The third kappa shape index (κ3) is 5.88. The second-order valence-electron chi connectivity index (χ2n) is 5.92. The first kappa shape index (κ1) is 21.9. The summed E-state index contributed by atoms with van der Waals surface area (Å²) >= 11 is 8.00. The van der Waals surface area contributed by atoms with Gasteiger partial charge in [0.05, 0.1) is 10.7 Å². The molecule has 3 N–H and O–H groups in total. The van der Waals surface area contributed by atoms with Crippen LogP contribution in [-0.2, 0) is 4.79 Å². The standard InChI is InChI=1S/C21H15Br2N3O3S/c22-15-9-14(19(27)17(23)10-15)12-24-26-21(29)18(11-16-7-4-8-30-16)25-20(28)13-5-2-1-3-6-13/h1-12,27H,(H,25,28)(H,26,29)/b18-11+,24-12-. The Morgan fingerprint density at radius 3 is 2.53 bits per heavy atom. The molecule has 0 bridgehead atoms. The first-order chi connectivity index (χ1) is 14.4. The van der Waals surface area contributed by atoms with Gasteiger partial charge in [0.2, 0.25) is 0 Å². The number of hydrazone groups is 1. The average molecular weight is 549 g/mol. The number of hydrogen-bond acceptors (Lipinski definition) is 5. The van der Waals surface area contributed by atoms with Crippen LogP contribution >= 0.6 is 43.2 Å². The summed E-state index contributed by atoms with van der Waals surface area (Å²) in [5.74, 6) is -1.02. The third-order valence-electron chi connectivity index (χ3n) is 3.79. The fourth-order valence-electron chi connectivity index (χ4n) is 2.36. The molecule has 0 saturated heterocycles. The molecule has 1 heterocycles. The van der Waals surface area contributed by atoms with Gasteiger partial charge in [-0.3, -0.25) is 9.59 Å². The quantitative estimate of drug-likeness (QED) is 0.232. The lowest BCUT2D eigenvalue weighted by atomic mass is 10.2. The van der Waals surface area contributed by atoms with Gasteiger partial charge in [0.25, 0.3) is 11.8 Å². The highest BCUT2D eigenvalue weighted by Gasteiger charge is 2.14. The summed E-state index contributed by atoms with van der Waals surface area (Å²) in [5.41, 5.74) is 3.24. The molecule has 3 aromatic rings. The molecule has 0 spiro atoms. The van der Waals surface area contributed by atoms with Gasteiger partial charge in [0.1, 0.15) is 11.4 Å².